The molecule has 354 valence electrons. The molecule has 16 heteroatoms. The van der Waals surface area contributed by atoms with Gasteiger partial charge in [0.25, 0.3) is 0 Å². The summed E-state index contributed by atoms with van der Waals surface area (Å²) < 4.78 is 9.81. The average Bonchev–Trinajstić information content (AvgIpc) is 3.96. The SMILES string of the molecule is CC(C)(C)OC(=O)N[C@@H](C[Se][Se]C[C@H](NC(=O)O)C(=O)N1CCn2nc(-c3ccccc3)cc2C1CC1CCCCC1)C(=O)N1CCn2nc(-c3ccccc3)cc2C1CC1CCCCC1. The number of fused-ring (bicyclic) bond motifs is 2. The van der Waals surface area contributed by atoms with Gasteiger partial charge in [-0.1, -0.05) is 0 Å². The molecule has 2 unspecified atom stereocenters. The van der Waals surface area contributed by atoms with Crippen LogP contribution >= 0.6 is 0 Å². The van der Waals surface area contributed by atoms with Gasteiger partial charge in [0.2, 0.25) is 0 Å². The molecule has 0 saturated heterocycles. The van der Waals surface area contributed by atoms with Crippen molar-refractivity contribution in [1.29, 1.82) is 0 Å². The van der Waals surface area contributed by atoms with E-state index in [-0.39, 0.29) is 50.2 Å². The molecular weight excluding hydrogens is 967 g/mol. The van der Waals surface area contributed by atoms with Crippen molar-refractivity contribution in [3.63, 3.8) is 0 Å². The van der Waals surface area contributed by atoms with Crippen LogP contribution in [0.3, 0.4) is 0 Å². The van der Waals surface area contributed by atoms with Crippen LogP contribution in [0.15, 0.2) is 72.8 Å². The van der Waals surface area contributed by atoms with Crippen molar-refractivity contribution in [3.8, 4) is 22.5 Å². The topological polar surface area (TPSA) is 164 Å². The van der Waals surface area contributed by atoms with Crippen molar-refractivity contribution >= 4 is 50.3 Å². The van der Waals surface area contributed by atoms with Crippen molar-refractivity contribution < 1.29 is 29.0 Å². The number of aromatic nitrogens is 4. The number of ether oxygens (including phenoxy) is 1. The van der Waals surface area contributed by atoms with Crippen LogP contribution in [0.2, 0.25) is 10.6 Å². The molecule has 4 atom stereocenters. The summed E-state index contributed by atoms with van der Waals surface area (Å²) in [5.74, 6) is 0.596. The molecule has 2 saturated carbocycles. The number of amides is 4. The average molecular weight is 1030 g/mol. The second kappa shape index (κ2) is 22.0. The number of carbonyl (C=O) groups excluding carboxylic acids is 3. The van der Waals surface area contributed by atoms with E-state index in [0.29, 0.717) is 48.7 Å². The van der Waals surface area contributed by atoms with Crippen molar-refractivity contribution in [2.45, 2.75) is 151 Å². The first-order chi connectivity index (χ1) is 31.9. The third kappa shape index (κ3) is 12.1. The van der Waals surface area contributed by atoms with E-state index in [1.54, 1.807) is 20.8 Å². The number of carbonyl (C=O) groups is 4. The maximum absolute atomic E-state index is 15.0. The first-order valence-corrected chi connectivity index (χ1v) is 30.8. The molecule has 14 nitrogen and oxygen atoms in total. The van der Waals surface area contributed by atoms with Crippen molar-refractivity contribution in [1.82, 2.24) is 40.0 Å². The normalized spacial score (nSPS) is 20.2. The number of hydrogen-bond acceptors (Lipinski definition) is 7. The molecule has 8 rings (SSSR count). The molecule has 2 fully saturated rings. The Kier molecular flexibility index (Phi) is 15.9. The van der Waals surface area contributed by atoms with Gasteiger partial charge in [-0.15, -0.1) is 0 Å². The monoisotopic (exact) mass is 1030 g/mol. The van der Waals surface area contributed by atoms with Crippen LogP contribution in [0.25, 0.3) is 22.5 Å². The van der Waals surface area contributed by atoms with Gasteiger partial charge in [-0.25, -0.2) is 0 Å². The molecule has 4 amide bonds. The zero-order valence-electron chi connectivity index (χ0n) is 38.6. The van der Waals surface area contributed by atoms with E-state index in [2.05, 4.69) is 39.6 Å². The van der Waals surface area contributed by atoms with Gasteiger partial charge in [-0.05, 0) is 0 Å². The summed E-state index contributed by atoms with van der Waals surface area (Å²) in [5, 5.41) is 26.3. The summed E-state index contributed by atoms with van der Waals surface area (Å²) in [6.07, 6.45) is 11.5. The zero-order chi connectivity index (χ0) is 46.2. The fourth-order valence-corrected chi connectivity index (χ4v) is 17.4. The van der Waals surface area contributed by atoms with Crippen LogP contribution in [0.5, 0.6) is 0 Å². The molecule has 2 aromatic heterocycles. The molecule has 4 heterocycles. The molecule has 0 radical (unpaired) electrons. The second-order valence-electron chi connectivity index (χ2n) is 19.4. The number of benzene rings is 2. The molecule has 66 heavy (non-hydrogen) atoms. The number of alkyl carbamates (subject to hydrolysis) is 1. The number of nitrogens with zero attached hydrogens (tertiary/aromatic N) is 6. The Bertz CT molecular complexity index is 2270. The van der Waals surface area contributed by atoms with Crippen LogP contribution < -0.4 is 10.6 Å². The van der Waals surface area contributed by atoms with E-state index in [4.69, 9.17) is 14.9 Å². The predicted molar refractivity (Wildman–Crippen MR) is 256 cm³/mol. The van der Waals surface area contributed by atoms with Crippen LogP contribution in [-0.4, -0.2) is 116 Å². The molecule has 2 aromatic carbocycles. The number of hydrogen-bond donors (Lipinski definition) is 3. The summed E-state index contributed by atoms with van der Waals surface area (Å²) in [6, 6.07) is 22.3. The van der Waals surface area contributed by atoms with Gasteiger partial charge < -0.3 is 0 Å². The van der Waals surface area contributed by atoms with Crippen molar-refractivity contribution in [2.75, 3.05) is 13.1 Å². The molecule has 0 bridgehead atoms. The minimum absolute atomic E-state index is 0.144. The third-order valence-corrected chi connectivity index (χ3v) is 20.7. The van der Waals surface area contributed by atoms with E-state index < -0.39 is 29.9 Å². The summed E-state index contributed by atoms with van der Waals surface area (Å²) in [5.41, 5.74) is 5.06. The van der Waals surface area contributed by atoms with Crippen molar-refractivity contribution in [2.24, 2.45) is 11.8 Å². The summed E-state index contributed by atoms with van der Waals surface area (Å²) in [4.78, 5) is 59.4. The molecule has 4 aliphatic rings. The van der Waals surface area contributed by atoms with E-state index in [1.807, 2.05) is 63.0 Å². The van der Waals surface area contributed by atoms with Crippen LogP contribution in [0, 0.1) is 11.8 Å². The van der Waals surface area contributed by atoms with Gasteiger partial charge in [-0.2, -0.15) is 0 Å². The van der Waals surface area contributed by atoms with E-state index >= 15 is 4.79 Å². The Morgan fingerprint density at radius 3 is 1.48 bits per heavy atom. The fourth-order valence-electron chi connectivity index (χ4n) is 10.4. The van der Waals surface area contributed by atoms with Crippen LogP contribution in [0.4, 0.5) is 9.59 Å². The predicted octanol–water partition coefficient (Wildman–Crippen LogP) is 8.51. The standard InChI is InChI=1S/C50H66N8O6Se2/c1-50(2,3)64-49(63)52-41(47(60)56-25-27-58-45(43(56)29-35-18-10-5-11-19-35)31-39(54-58)37-22-14-7-15-23-37)33-66-65-32-40(51-48(61)62)46(59)55-24-26-57-44(42(55)28-34-16-8-4-9-17-34)30-38(53-57)36-20-12-6-13-21-36/h6-7,12-15,20-23,30-31,34-35,40-43,51H,4-5,8-11,16-19,24-29,32-33H2,1-3H3,(H,52,63)(H,61,62)/t40-,41-,42?,43?/m0/s1. The van der Waals surface area contributed by atoms with E-state index in [1.165, 1.54) is 38.5 Å². The number of carboxylic acid groups (broad SMARTS) is 1. The van der Waals surface area contributed by atoms with Crippen molar-refractivity contribution in [3.05, 3.63) is 84.2 Å². The van der Waals surface area contributed by atoms with Gasteiger partial charge in [0.1, 0.15) is 0 Å². The van der Waals surface area contributed by atoms with Gasteiger partial charge in [0, 0.05) is 0 Å². The molecule has 4 aromatic rings. The molecular formula is C50H66N8O6Se2. The van der Waals surface area contributed by atoms with Crippen LogP contribution in [0.1, 0.15) is 121 Å². The first-order valence-electron chi connectivity index (χ1n) is 24.0. The summed E-state index contributed by atoms with van der Waals surface area (Å²) in [7, 11) is 0. The van der Waals surface area contributed by atoms with Gasteiger partial charge in [-0.3, -0.25) is 0 Å². The summed E-state index contributed by atoms with van der Waals surface area (Å²) >= 11 is -0.391. The quantitative estimate of drug-likeness (QED) is 0.0789. The van der Waals surface area contributed by atoms with E-state index in [9.17, 15) is 19.5 Å². The van der Waals surface area contributed by atoms with Gasteiger partial charge >= 0.3 is 402 Å². The number of rotatable bonds is 15. The zero-order valence-corrected chi connectivity index (χ0v) is 42.0. The Morgan fingerprint density at radius 1 is 0.652 bits per heavy atom. The van der Waals surface area contributed by atoms with Gasteiger partial charge in [0.15, 0.2) is 0 Å². The Balaban J connectivity index is 0.997. The number of nitrogens with one attached hydrogen (secondary N) is 2. The minimum atomic E-state index is -1.24. The molecule has 2 aliphatic carbocycles. The van der Waals surface area contributed by atoms with Crippen LogP contribution in [-0.2, 0) is 27.4 Å². The summed E-state index contributed by atoms with van der Waals surface area (Å²) in [6.45, 7) is 7.38. The third-order valence-electron chi connectivity index (χ3n) is 13.6. The Morgan fingerprint density at radius 2 is 1.08 bits per heavy atom. The van der Waals surface area contributed by atoms with E-state index in [0.717, 1.165) is 72.4 Å². The molecule has 0 spiro atoms. The first kappa shape index (κ1) is 47.9. The van der Waals surface area contributed by atoms with Gasteiger partial charge in [0.05, 0.1) is 0 Å². The maximum atomic E-state index is 15.0. The fraction of sp³-hybridized carbons (Fsp3) is 0.560. The molecule has 3 N–H and O–H groups in total. The second-order valence-corrected chi connectivity index (χ2v) is 27.0. The Hall–Kier alpha value is -4.62. The molecule has 2 aliphatic heterocycles. The Labute approximate surface area is 400 Å².